The normalized spacial score (nSPS) is 12.0. The van der Waals surface area contributed by atoms with Gasteiger partial charge < -0.3 is 18.5 Å². The lowest BCUT2D eigenvalue weighted by atomic mass is 9.80. The first-order chi connectivity index (χ1) is 30.8. The van der Waals surface area contributed by atoms with Crippen LogP contribution in [0, 0.1) is 17.4 Å². The Morgan fingerprint density at radius 3 is 1.11 bits per heavy atom. The monoisotopic (exact) mass is 1080 g/mol. The molecule has 12 heteroatoms. The van der Waals surface area contributed by atoms with Gasteiger partial charge in [0.1, 0.15) is 16.8 Å². The summed E-state index contributed by atoms with van der Waals surface area (Å²) in [6, 6.07) is 17.6. The van der Waals surface area contributed by atoms with Crippen molar-refractivity contribution in [3.63, 3.8) is 0 Å². The summed E-state index contributed by atoms with van der Waals surface area (Å²) in [7, 11) is -0.251. The third-order valence-electron chi connectivity index (χ3n) is 11.3. The molecule has 0 N–H and O–H groups in total. The summed E-state index contributed by atoms with van der Waals surface area (Å²) >= 11 is 7.69. The van der Waals surface area contributed by atoms with E-state index in [1.165, 1.54) is 53.6 Å². The molecule has 370 valence electrons. The van der Waals surface area contributed by atoms with E-state index in [1.807, 2.05) is 26.0 Å². The van der Waals surface area contributed by atoms with Crippen LogP contribution in [-0.4, -0.2) is 40.6 Å². The summed E-state index contributed by atoms with van der Waals surface area (Å²) in [5, 5.41) is 0.532. The van der Waals surface area contributed by atoms with Crippen molar-refractivity contribution in [1.29, 1.82) is 0 Å². The van der Waals surface area contributed by atoms with E-state index in [9.17, 15) is 9.13 Å². The maximum atomic E-state index is 14.2. The number of hydrogen-bond donors (Lipinski definition) is 0. The fraction of sp³-hybridized carbons (Fsp3) is 0.556. The highest BCUT2D eigenvalue weighted by Gasteiger charge is 2.37. The van der Waals surface area contributed by atoms with Crippen molar-refractivity contribution >= 4 is 53.7 Å². The molecule has 4 rings (SSSR count). The van der Waals surface area contributed by atoms with Gasteiger partial charge >= 0.3 is 14.5 Å². The molecule has 0 bridgehead atoms. The van der Waals surface area contributed by atoms with Gasteiger partial charge in [0.05, 0.1) is 44.2 Å². The van der Waals surface area contributed by atoms with E-state index in [0.717, 1.165) is 22.4 Å². The number of aryl methyl sites for hydroxylation is 2. The van der Waals surface area contributed by atoms with Crippen molar-refractivity contribution < 1.29 is 36.7 Å². The largest absolute Gasteiger partial charge is 0.496 e. The first-order valence-electron chi connectivity index (χ1n) is 23.7. The minimum atomic E-state index is -3.61. The average molecular weight is 1080 g/mol. The van der Waals surface area contributed by atoms with Gasteiger partial charge in [0.15, 0.2) is 0 Å². The molecule has 0 spiro atoms. The SMILES string of the molecule is CCOP(=O)(Cl)OCC.CCOP(=O)(OCC)c1c(OC)ccc(C)c1-c1c(C(C)C)cc(C(C)C)cc1C(C)C.COc1ccc(C)c(-c2c(C(C)C)cc(C(C)C)cc2C(C)C)c1I. The summed E-state index contributed by atoms with van der Waals surface area (Å²) in [4.78, 5) is 0. The lowest BCUT2D eigenvalue weighted by molar-refractivity contribution is 0.229. The van der Waals surface area contributed by atoms with Crippen LogP contribution in [0.2, 0.25) is 0 Å². The van der Waals surface area contributed by atoms with Crippen molar-refractivity contribution in [3.05, 3.63) is 96.6 Å². The number of rotatable bonds is 19. The second-order valence-electron chi connectivity index (χ2n) is 18.3. The molecular formula is C54H82ClIO8P2. The van der Waals surface area contributed by atoms with Gasteiger partial charge in [-0.25, -0.2) is 4.57 Å². The fourth-order valence-corrected chi connectivity index (χ4v) is 12.3. The van der Waals surface area contributed by atoms with Crippen LogP contribution in [0.25, 0.3) is 22.3 Å². The zero-order valence-corrected chi connectivity index (χ0v) is 48.5. The van der Waals surface area contributed by atoms with Gasteiger partial charge in [0, 0.05) is 22.4 Å². The number of hydrogen-bond acceptors (Lipinski definition) is 8. The Hall–Kier alpha value is -2.20. The molecule has 0 heterocycles. The Morgan fingerprint density at radius 2 is 0.803 bits per heavy atom. The molecule has 4 aromatic carbocycles. The number of methoxy groups -OCH3 is 2. The molecule has 0 aromatic heterocycles. The zero-order valence-electron chi connectivity index (χ0n) is 43.8. The molecule has 4 aromatic rings. The van der Waals surface area contributed by atoms with Crippen LogP contribution in [0.3, 0.4) is 0 Å². The third kappa shape index (κ3) is 15.4. The van der Waals surface area contributed by atoms with Gasteiger partial charge in [-0.1, -0.05) is 119 Å². The van der Waals surface area contributed by atoms with Gasteiger partial charge in [-0.15, -0.1) is 0 Å². The molecule has 0 radical (unpaired) electrons. The topological polar surface area (TPSA) is 89.5 Å². The van der Waals surface area contributed by atoms with Crippen LogP contribution in [-0.2, 0) is 27.2 Å². The molecular weight excluding hydrogens is 1000 g/mol. The average Bonchev–Trinajstić information content (AvgIpc) is 3.23. The minimum absolute atomic E-state index is 0.286. The smallest absolute Gasteiger partial charge is 0.424 e. The highest BCUT2D eigenvalue weighted by molar-refractivity contribution is 14.1. The molecule has 0 saturated carbocycles. The van der Waals surface area contributed by atoms with Crippen molar-refractivity contribution in [1.82, 2.24) is 0 Å². The minimum Gasteiger partial charge on any atom is -0.496 e. The second kappa shape index (κ2) is 27.3. The molecule has 0 aliphatic heterocycles. The van der Waals surface area contributed by atoms with Gasteiger partial charge in [-0.2, -0.15) is 0 Å². The maximum absolute atomic E-state index is 14.2. The van der Waals surface area contributed by atoms with Crippen LogP contribution in [0.1, 0.15) is 191 Å². The van der Waals surface area contributed by atoms with Crippen LogP contribution in [0.15, 0.2) is 48.5 Å². The molecule has 8 nitrogen and oxygen atoms in total. The summed E-state index contributed by atoms with van der Waals surface area (Å²) in [5.41, 5.74) is 15.3. The van der Waals surface area contributed by atoms with Crippen molar-refractivity contribution in [2.24, 2.45) is 0 Å². The van der Waals surface area contributed by atoms with Crippen LogP contribution in [0.4, 0.5) is 0 Å². The zero-order chi connectivity index (χ0) is 50.4. The standard InChI is InChI=1S/C27H41O4P.C23H31IO.C4H10ClO3P/c1-11-30-32(28,31-12-2)27-24(29-10)14-13-20(9)25(27)26-22(18(5)6)15-21(17(3)4)16-23(26)19(7)8;1-13(2)17-11-18(14(3)4)22(19(12-17)15(5)6)21-16(7)9-10-20(25-8)23(21)24;1-3-7-9(5,6)8-4-2/h13-19H,11-12H2,1-10H3;9-15H,1-8H3;3-4H2,1-2H3. The van der Waals surface area contributed by atoms with Gasteiger partial charge in [-0.05, 0) is 167 Å². The van der Waals surface area contributed by atoms with E-state index in [0.29, 0.717) is 59.8 Å². The molecule has 66 heavy (non-hydrogen) atoms. The fourth-order valence-electron chi connectivity index (χ4n) is 7.88. The lowest BCUT2D eigenvalue weighted by Gasteiger charge is -2.28. The van der Waals surface area contributed by atoms with Gasteiger partial charge in [0.25, 0.3) is 0 Å². The van der Waals surface area contributed by atoms with Crippen LogP contribution in [0.5, 0.6) is 11.5 Å². The Labute approximate surface area is 419 Å². The second-order valence-corrected chi connectivity index (χ2v) is 23.9. The van der Waals surface area contributed by atoms with Crippen molar-refractivity contribution in [2.45, 2.75) is 160 Å². The number of ether oxygens (including phenoxy) is 2. The van der Waals surface area contributed by atoms with E-state index < -0.39 is 14.5 Å². The lowest BCUT2D eigenvalue weighted by Crippen LogP contribution is -2.19. The number of halogens is 2. The number of benzene rings is 4. The van der Waals surface area contributed by atoms with Crippen molar-refractivity contribution in [3.8, 4) is 33.8 Å². The molecule has 0 aliphatic rings. The van der Waals surface area contributed by atoms with E-state index in [1.54, 1.807) is 28.1 Å². The quantitative estimate of drug-likeness (QED) is 0.0678. The molecule has 0 saturated heterocycles. The predicted molar refractivity (Wildman–Crippen MR) is 291 cm³/mol. The third-order valence-corrected chi connectivity index (χ3v) is 16.3. The Balaban J connectivity index is 0.000000390. The molecule has 0 fully saturated rings. The van der Waals surface area contributed by atoms with E-state index in [-0.39, 0.29) is 13.2 Å². The molecule has 0 atom stereocenters. The summed E-state index contributed by atoms with van der Waals surface area (Å²) < 4.78 is 58.2. The Morgan fingerprint density at radius 1 is 0.485 bits per heavy atom. The van der Waals surface area contributed by atoms with Gasteiger partial charge in [0.2, 0.25) is 0 Å². The first-order valence-corrected chi connectivity index (χ1v) is 28.7. The van der Waals surface area contributed by atoms with E-state index in [4.69, 9.17) is 29.8 Å². The van der Waals surface area contributed by atoms with Crippen molar-refractivity contribution in [2.75, 3.05) is 40.6 Å². The van der Waals surface area contributed by atoms with E-state index in [2.05, 4.69) is 165 Å². The first kappa shape index (κ1) is 59.9. The highest BCUT2D eigenvalue weighted by atomic mass is 127. The molecule has 0 aliphatic carbocycles. The molecule has 0 amide bonds. The van der Waals surface area contributed by atoms with E-state index >= 15 is 0 Å². The maximum Gasteiger partial charge on any atom is 0.424 e. The van der Waals surface area contributed by atoms with Crippen LogP contribution < -0.4 is 14.8 Å². The van der Waals surface area contributed by atoms with Crippen LogP contribution >= 0.6 is 48.4 Å². The Bertz CT molecular complexity index is 2210. The summed E-state index contributed by atoms with van der Waals surface area (Å²) in [6.07, 6.45) is 0. The summed E-state index contributed by atoms with van der Waals surface area (Å²) in [5.74, 6) is 3.99. The van der Waals surface area contributed by atoms with Gasteiger partial charge in [-0.3, -0.25) is 13.6 Å². The summed E-state index contributed by atoms with van der Waals surface area (Å²) in [6.45, 7) is 36.4. The highest BCUT2D eigenvalue weighted by Crippen LogP contribution is 2.55. The Kier molecular flexibility index (Phi) is 24.8. The molecule has 0 unspecified atom stereocenters. The predicted octanol–water partition coefficient (Wildman–Crippen LogP) is 18.0.